The summed E-state index contributed by atoms with van der Waals surface area (Å²) in [5.41, 5.74) is 3.18. The molecule has 2 aromatic rings. The first-order valence-corrected chi connectivity index (χ1v) is 7.09. The molecule has 0 heterocycles. The number of benzene rings is 2. The van der Waals surface area contributed by atoms with Gasteiger partial charge in [0.2, 0.25) is 24.3 Å². The Labute approximate surface area is 148 Å². The molecule has 2 rings (SSSR count). The van der Waals surface area contributed by atoms with E-state index in [1.165, 1.54) is 24.3 Å². The monoisotopic (exact) mass is 348 g/mol. The standard InChI is InChI=1S/2C9H6N2O2/c2*1-7-8(10-5-12)3-2-4-9(7)11-6-13/h2*2-4H,1H3. The second-order valence-corrected chi connectivity index (χ2v) is 4.65. The first-order chi connectivity index (χ1) is 12.6. The molecule has 128 valence electrons. The zero-order chi connectivity index (χ0) is 19.4. The molecule has 8 nitrogen and oxygen atoms in total. The molecule has 0 unspecified atom stereocenters. The molecule has 0 N–H and O–H groups in total. The molecular formula is C18H12N4O4. The van der Waals surface area contributed by atoms with E-state index in [4.69, 9.17) is 0 Å². The molecule has 0 fully saturated rings. The van der Waals surface area contributed by atoms with Crippen LogP contribution in [0.3, 0.4) is 0 Å². The fourth-order valence-corrected chi connectivity index (χ4v) is 1.90. The molecule has 0 aromatic heterocycles. The lowest BCUT2D eigenvalue weighted by molar-refractivity contribution is 0.564. The summed E-state index contributed by atoms with van der Waals surface area (Å²) < 4.78 is 0. The van der Waals surface area contributed by atoms with Gasteiger partial charge in [-0.1, -0.05) is 12.1 Å². The van der Waals surface area contributed by atoms with Crippen LogP contribution in [0.1, 0.15) is 11.1 Å². The van der Waals surface area contributed by atoms with Crippen LogP contribution in [0.5, 0.6) is 0 Å². The smallest absolute Gasteiger partial charge is 0.211 e. The van der Waals surface area contributed by atoms with Crippen LogP contribution in [0.25, 0.3) is 0 Å². The summed E-state index contributed by atoms with van der Waals surface area (Å²) in [6.07, 6.45) is 5.72. The average molecular weight is 348 g/mol. The highest BCUT2D eigenvalue weighted by Gasteiger charge is 2.01. The Kier molecular flexibility index (Phi) is 8.22. The van der Waals surface area contributed by atoms with Crippen molar-refractivity contribution in [1.29, 1.82) is 0 Å². The van der Waals surface area contributed by atoms with Gasteiger partial charge in [0.1, 0.15) is 0 Å². The fourth-order valence-electron chi connectivity index (χ4n) is 1.90. The van der Waals surface area contributed by atoms with Crippen LogP contribution in [-0.2, 0) is 19.2 Å². The largest absolute Gasteiger partial charge is 0.240 e. The Hall–Kier alpha value is -4.04. The van der Waals surface area contributed by atoms with Crippen LogP contribution in [-0.4, -0.2) is 24.3 Å². The van der Waals surface area contributed by atoms with E-state index in [0.29, 0.717) is 33.9 Å². The maximum Gasteiger partial charge on any atom is 0.240 e. The minimum Gasteiger partial charge on any atom is -0.211 e. The molecule has 2 aromatic carbocycles. The van der Waals surface area contributed by atoms with Gasteiger partial charge in [0, 0.05) is 11.1 Å². The van der Waals surface area contributed by atoms with Crippen molar-refractivity contribution in [3.63, 3.8) is 0 Å². The van der Waals surface area contributed by atoms with Gasteiger partial charge < -0.3 is 0 Å². The SMILES string of the molecule is Cc1c(N=C=O)cccc1N=C=O.Cc1c(N=C=O)cccc1N=C=O. The van der Waals surface area contributed by atoms with E-state index in [1.807, 2.05) is 0 Å². The van der Waals surface area contributed by atoms with E-state index in [9.17, 15) is 19.2 Å². The maximum absolute atomic E-state index is 10.00. The minimum absolute atomic E-state index is 0.464. The molecule has 26 heavy (non-hydrogen) atoms. The molecule has 0 aliphatic heterocycles. The van der Waals surface area contributed by atoms with E-state index < -0.39 is 0 Å². The highest BCUT2D eigenvalue weighted by Crippen LogP contribution is 2.27. The van der Waals surface area contributed by atoms with E-state index in [0.717, 1.165) is 0 Å². The van der Waals surface area contributed by atoms with Crippen LogP contribution in [0.2, 0.25) is 0 Å². The third-order valence-corrected chi connectivity index (χ3v) is 3.22. The summed E-state index contributed by atoms with van der Waals surface area (Å²) in [6, 6.07) is 9.88. The zero-order valence-corrected chi connectivity index (χ0v) is 13.9. The van der Waals surface area contributed by atoms with Gasteiger partial charge in [-0.15, -0.1) is 0 Å². The summed E-state index contributed by atoms with van der Waals surface area (Å²) in [5.74, 6) is 0. The number of hydrogen-bond donors (Lipinski definition) is 0. The second-order valence-electron chi connectivity index (χ2n) is 4.65. The first kappa shape index (κ1) is 20.0. The molecule has 0 atom stereocenters. The quantitative estimate of drug-likeness (QED) is 0.615. The van der Waals surface area contributed by atoms with Crippen LogP contribution in [0, 0.1) is 13.8 Å². The van der Waals surface area contributed by atoms with E-state index in [-0.39, 0.29) is 0 Å². The number of hydrogen-bond acceptors (Lipinski definition) is 8. The van der Waals surface area contributed by atoms with Crippen molar-refractivity contribution in [1.82, 2.24) is 0 Å². The van der Waals surface area contributed by atoms with Gasteiger partial charge in [-0.05, 0) is 38.1 Å². The van der Waals surface area contributed by atoms with Gasteiger partial charge in [0.15, 0.2) is 0 Å². The predicted molar refractivity (Wildman–Crippen MR) is 93.5 cm³/mol. The molecule has 8 heteroatoms. The molecule has 0 radical (unpaired) electrons. The van der Waals surface area contributed by atoms with Crippen molar-refractivity contribution in [2.24, 2.45) is 20.0 Å². The molecule has 0 saturated heterocycles. The van der Waals surface area contributed by atoms with Gasteiger partial charge in [0.05, 0.1) is 22.7 Å². The lowest BCUT2D eigenvalue weighted by Gasteiger charge is -1.99. The summed E-state index contributed by atoms with van der Waals surface area (Å²) in [5, 5.41) is 0. The van der Waals surface area contributed by atoms with E-state index in [2.05, 4.69) is 20.0 Å². The predicted octanol–water partition coefficient (Wildman–Crippen LogP) is 3.86. The molecule has 0 amide bonds. The summed E-state index contributed by atoms with van der Waals surface area (Å²) >= 11 is 0. The van der Waals surface area contributed by atoms with Crippen molar-refractivity contribution in [2.75, 3.05) is 0 Å². The van der Waals surface area contributed by atoms with E-state index >= 15 is 0 Å². The molecule has 0 aliphatic carbocycles. The van der Waals surface area contributed by atoms with Crippen molar-refractivity contribution in [3.05, 3.63) is 47.5 Å². The molecule has 0 saturated carbocycles. The third-order valence-electron chi connectivity index (χ3n) is 3.22. The Morgan fingerprint density at radius 1 is 0.538 bits per heavy atom. The Morgan fingerprint density at radius 2 is 0.769 bits per heavy atom. The zero-order valence-electron chi connectivity index (χ0n) is 13.9. The number of aliphatic imine (C=N–C) groups is 4. The number of isocyanates is 4. The van der Waals surface area contributed by atoms with Gasteiger partial charge in [-0.2, -0.15) is 20.0 Å². The van der Waals surface area contributed by atoms with Gasteiger partial charge >= 0.3 is 0 Å². The Morgan fingerprint density at radius 3 is 0.962 bits per heavy atom. The van der Waals surface area contributed by atoms with Crippen molar-refractivity contribution in [2.45, 2.75) is 13.8 Å². The minimum atomic E-state index is 0.464. The molecule has 0 bridgehead atoms. The average Bonchev–Trinajstić information content (AvgIpc) is 2.63. The fraction of sp³-hybridized carbons (Fsp3) is 0.111. The second kappa shape index (κ2) is 10.7. The van der Waals surface area contributed by atoms with Crippen LogP contribution >= 0.6 is 0 Å². The normalized spacial score (nSPS) is 8.38. The van der Waals surface area contributed by atoms with E-state index in [1.54, 1.807) is 50.2 Å². The highest BCUT2D eigenvalue weighted by atomic mass is 16.1. The molecular weight excluding hydrogens is 336 g/mol. The summed E-state index contributed by atoms with van der Waals surface area (Å²) in [4.78, 5) is 53.8. The number of rotatable bonds is 4. The molecule has 0 spiro atoms. The summed E-state index contributed by atoms with van der Waals surface area (Å²) in [7, 11) is 0. The molecule has 0 aliphatic rings. The lowest BCUT2D eigenvalue weighted by Crippen LogP contribution is -1.75. The topological polar surface area (TPSA) is 118 Å². The van der Waals surface area contributed by atoms with Crippen LogP contribution < -0.4 is 0 Å². The third kappa shape index (κ3) is 5.55. The summed E-state index contributed by atoms with van der Waals surface area (Å²) in [6.45, 7) is 3.43. The number of nitrogens with zero attached hydrogens (tertiary/aromatic N) is 4. The lowest BCUT2D eigenvalue weighted by atomic mass is 10.1. The first-order valence-electron chi connectivity index (χ1n) is 7.09. The van der Waals surface area contributed by atoms with Crippen molar-refractivity contribution >= 4 is 47.1 Å². The highest BCUT2D eigenvalue weighted by molar-refractivity contribution is 5.65. The van der Waals surface area contributed by atoms with Crippen molar-refractivity contribution < 1.29 is 19.2 Å². The number of carbonyl (C=O) groups excluding carboxylic acids is 4. The van der Waals surface area contributed by atoms with Gasteiger partial charge in [-0.3, -0.25) is 0 Å². The van der Waals surface area contributed by atoms with Crippen LogP contribution in [0.4, 0.5) is 22.7 Å². The Bertz CT molecular complexity index is 836. The maximum atomic E-state index is 10.00. The van der Waals surface area contributed by atoms with Gasteiger partial charge in [-0.25, -0.2) is 19.2 Å². The van der Waals surface area contributed by atoms with Crippen LogP contribution in [0.15, 0.2) is 56.4 Å². The van der Waals surface area contributed by atoms with Crippen molar-refractivity contribution in [3.8, 4) is 0 Å². The van der Waals surface area contributed by atoms with Gasteiger partial charge in [0.25, 0.3) is 0 Å². The Balaban J connectivity index is 0.000000260.